The molecule has 3 rings (SSSR count). The molecule has 2 amide bonds. The minimum atomic E-state index is -0.494. The molecule has 2 aromatic carbocycles. The number of carbonyl (C=O) groups excluding carboxylic acids is 1. The first-order valence-corrected chi connectivity index (χ1v) is 9.01. The largest absolute Gasteiger partial charge is 0.322 e. The van der Waals surface area contributed by atoms with Crippen LogP contribution < -0.4 is 5.32 Å². The van der Waals surface area contributed by atoms with Crippen LogP contribution in [0.3, 0.4) is 0 Å². The van der Waals surface area contributed by atoms with Crippen molar-refractivity contribution in [2.45, 2.75) is 38.6 Å². The van der Waals surface area contributed by atoms with Crippen LogP contribution in [0, 0.1) is 12.7 Å². The van der Waals surface area contributed by atoms with Crippen molar-refractivity contribution >= 4 is 23.3 Å². The van der Waals surface area contributed by atoms with E-state index in [4.69, 9.17) is 11.6 Å². The standard InChI is InChI=1S/C20H22ClFN2O/c1-14-6-8-15(9-7-14)19-5-3-2-4-12-24(19)20(25)23-16-10-11-18(22)17(21)13-16/h6-11,13,19H,2-5,12H2,1H3,(H,23,25)/t19-/m0/s1. The Labute approximate surface area is 152 Å². The monoisotopic (exact) mass is 360 g/mol. The average Bonchev–Trinajstić information content (AvgIpc) is 2.85. The second kappa shape index (κ2) is 7.87. The maximum absolute atomic E-state index is 13.3. The van der Waals surface area contributed by atoms with Crippen LogP contribution in [-0.4, -0.2) is 17.5 Å². The van der Waals surface area contributed by atoms with Crippen molar-refractivity contribution in [3.05, 3.63) is 64.4 Å². The second-order valence-electron chi connectivity index (χ2n) is 6.53. The highest BCUT2D eigenvalue weighted by atomic mass is 35.5. The molecule has 1 heterocycles. The summed E-state index contributed by atoms with van der Waals surface area (Å²) in [6, 6.07) is 12.5. The molecule has 2 aromatic rings. The molecule has 1 aliphatic heterocycles. The Kier molecular flexibility index (Phi) is 5.59. The number of likely N-dealkylation sites (tertiary alicyclic amines) is 1. The van der Waals surface area contributed by atoms with Crippen molar-refractivity contribution in [2.24, 2.45) is 0 Å². The summed E-state index contributed by atoms with van der Waals surface area (Å²) >= 11 is 5.81. The Bertz CT molecular complexity index is 748. The topological polar surface area (TPSA) is 32.3 Å². The molecule has 0 aromatic heterocycles. The second-order valence-corrected chi connectivity index (χ2v) is 6.94. The summed E-state index contributed by atoms with van der Waals surface area (Å²) in [7, 11) is 0. The van der Waals surface area contributed by atoms with Gasteiger partial charge in [-0.15, -0.1) is 0 Å². The summed E-state index contributed by atoms with van der Waals surface area (Å²) in [6.07, 6.45) is 4.15. The first kappa shape index (κ1) is 17.7. The van der Waals surface area contributed by atoms with Crippen LogP contribution >= 0.6 is 11.6 Å². The van der Waals surface area contributed by atoms with Gasteiger partial charge in [-0.3, -0.25) is 0 Å². The van der Waals surface area contributed by atoms with E-state index in [9.17, 15) is 9.18 Å². The molecule has 0 radical (unpaired) electrons. The minimum Gasteiger partial charge on any atom is -0.317 e. The van der Waals surface area contributed by atoms with Gasteiger partial charge in [0.1, 0.15) is 5.82 Å². The Morgan fingerprint density at radius 2 is 1.92 bits per heavy atom. The predicted octanol–water partition coefficient (Wildman–Crippen LogP) is 5.94. The summed E-state index contributed by atoms with van der Waals surface area (Å²) in [4.78, 5) is 14.7. The van der Waals surface area contributed by atoms with Gasteiger partial charge in [0.05, 0.1) is 11.1 Å². The van der Waals surface area contributed by atoms with E-state index in [-0.39, 0.29) is 17.1 Å². The zero-order chi connectivity index (χ0) is 17.8. The van der Waals surface area contributed by atoms with Crippen molar-refractivity contribution in [1.82, 2.24) is 4.90 Å². The first-order chi connectivity index (χ1) is 12.0. The number of benzene rings is 2. The van der Waals surface area contributed by atoms with Crippen LogP contribution in [0.2, 0.25) is 5.02 Å². The van der Waals surface area contributed by atoms with Crippen LogP contribution in [0.25, 0.3) is 0 Å². The zero-order valence-corrected chi connectivity index (χ0v) is 15.0. The van der Waals surface area contributed by atoms with Gasteiger partial charge in [-0.25, -0.2) is 9.18 Å². The summed E-state index contributed by atoms with van der Waals surface area (Å²) in [5.74, 6) is -0.494. The van der Waals surface area contributed by atoms with Gasteiger partial charge in [0.25, 0.3) is 0 Å². The molecule has 0 aliphatic carbocycles. The number of anilines is 1. The summed E-state index contributed by atoms with van der Waals surface area (Å²) < 4.78 is 13.3. The van der Waals surface area contributed by atoms with E-state index in [1.54, 1.807) is 0 Å². The van der Waals surface area contributed by atoms with E-state index in [1.165, 1.54) is 23.8 Å². The van der Waals surface area contributed by atoms with Crippen LogP contribution in [0.4, 0.5) is 14.9 Å². The summed E-state index contributed by atoms with van der Waals surface area (Å²) in [5, 5.41) is 2.86. The van der Waals surface area contributed by atoms with E-state index in [2.05, 4.69) is 36.5 Å². The number of nitrogens with zero attached hydrogens (tertiary/aromatic N) is 1. The number of carbonyl (C=O) groups is 1. The zero-order valence-electron chi connectivity index (χ0n) is 14.3. The lowest BCUT2D eigenvalue weighted by Gasteiger charge is -2.30. The molecule has 132 valence electrons. The third-order valence-electron chi connectivity index (χ3n) is 4.65. The highest BCUT2D eigenvalue weighted by Crippen LogP contribution is 2.31. The molecule has 0 saturated carbocycles. The lowest BCUT2D eigenvalue weighted by molar-refractivity contribution is 0.189. The smallest absolute Gasteiger partial charge is 0.317 e. The third kappa shape index (κ3) is 4.31. The third-order valence-corrected chi connectivity index (χ3v) is 4.94. The molecule has 1 saturated heterocycles. The van der Waals surface area contributed by atoms with Gasteiger partial charge >= 0.3 is 6.03 Å². The fraction of sp³-hybridized carbons (Fsp3) is 0.350. The molecule has 1 atom stereocenters. The van der Waals surface area contributed by atoms with E-state index < -0.39 is 5.82 Å². The van der Waals surface area contributed by atoms with Crippen molar-refractivity contribution in [2.75, 3.05) is 11.9 Å². The summed E-state index contributed by atoms with van der Waals surface area (Å²) in [5.41, 5.74) is 2.86. The number of hydrogen-bond acceptors (Lipinski definition) is 1. The Hall–Kier alpha value is -2.07. The molecule has 0 unspecified atom stereocenters. The Balaban J connectivity index is 1.81. The van der Waals surface area contributed by atoms with Crippen LogP contribution in [-0.2, 0) is 0 Å². The van der Waals surface area contributed by atoms with Crippen LogP contribution in [0.5, 0.6) is 0 Å². The van der Waals surface area contributed by atoms with Crippen molar-refractivity contribution in [3.63, 3.8) is 0 Å². The number of aryl methyl sites for hydroxylation is 1. The predicted molar refractivity (Wildman–Crippen MR) is 99.5 cm³/mol. The SMILES string of the molecule is Cc1ccc([C@@H]2CCCCCN2C(=O)Nc2ccc(F)c(Cl)c2)cc1. The molecule has 1 aliphatic rings. The van der Waals surface area contributed by atoms with Crippen LogP contribution in [0.1, 0.15) is 42.9 Å². The number of urea groups is 1. The maximum atomic E-state index is 13.3. The molecular formula is C20H22ClFN2O. The Morgan fingerprint density at radius 3 is 2.64 bits per heavy atom. The number of hydrogen-bond donors (Lipinski definition) is 1. The van der Waals surface area contributed by atoms with Gasteiger partial charge in [-0.05, 0) is 43.5 Å². The molecule has 5 heteroatoms. The quantitative estimate of drug-likeness (QED) is 0.706. The number of halogens is 2. The fourth-order valence-corrected chi connectivity index (χ4v) is 3.44. The van der Waals surface area contributed by atoms with Crippen molar-refractivity contribution in [3.8, 4) is 0 Å². The van der Waals surface area contributed by atoms with Gasteiger partial charge in [-0.2, -0.15) is 0 Å². The normalized spacial score (nSPS) is 17.9. The molecule has 0 spiro atoms. The first-order valence-electron chi connectivity index (χ1n) is 8.64. The minimum absolute atomic E-state index is 0.00347. The number of nitrogens with one attached hydrogen (secondary N) is 1. The van der Waals surface area contributed by atoms with Gasteiger partial charge in [-0.1, -0.05) is 54.3 Å². The molecule has 25 heavy (non-hydrogen) atoms. The molecule has 1 fully saturated rings. The lowest BCUT2D eigenvalue weighted by atomic mass is 10.00. The number of rotatable bonds is 2. The highest BCUT2D eigenvalue weighted by Gasteiger charge is 2.26. The highest BCUT2D eigenvalue weighted by molar-refractivity contribution is 6.31. The molecular weight excluding hydrogens is 339 g/mol. The molecule has 3 nitrogen and oxygen atoms in total. The van der Waals surface area contributed by atoms with Crippen molar-refractivity contribution < 1.29 is 9.18 Å². The van der Waals surface area contributed by atoms with Crippen LogP contribution in [0.15, 0.2) is 42.5 Å². The van der Waals surface area contributed by atoms with E-state index in [0.29, 0.717) is 12.2 Å². The van der Waals surface area contributed by atoms with Gasteiger partial charge < -0.3 is 10.2 Å². The lowest BCUT2D eigenvalue weighted by Crippen LogP contribution is -2.38. The van der Waals surface area contributed by atoms with Crippen molar-refractivity contribution in [1.29, 1.82) is 0 Å². The number of amides is 2. The van der Waals surface area contributed by atoms with Gasteiger partial charge in [0.15, 0.2) is 0 Å². The molecule has 0 bridgehead atoms. The maximum Gasteiger partial charge on any atom is 0.322 e. The van der Waals surface area contributed by atoms with Gasteiger partial charge in [0, 0.05) is 12.2 Å². The van der Waals surface area contributed by atoms with E-state index in [0.717, 1.165) is 31.2 Å². The van der Waals surface area contributed by atoms with Gasteiger partial charge in [0.2, 0.25) is 0 Å². The fourth-order valence-electron chi connectivity index (χ4n) is 3.26. The Morgan fingerprint density at radius 1 is 1.16 bits per heavy atom. The molecule has 1 N–H and O–H groups in total. The average molecular weight is 361 g/mol. The van der Waals surface area contributed by atoms with E-state index in [1.807, 2.05) is 4.90 Å². The van der Waals surface area contributed by atoms with E-state index >= 15 is 0 Å². The summed E-state index contributed by atoms with van der Waals surface area (Å²) in [6.45, 7) is 2.76.